The van der Waals surface area contributed by atoms with E-state index in [-0.39, 0.29) is 6.29 Å². The summed E-state index contributed by atoms with van der Waals surface area (Å²) in [5.41, 5.74) is 3.35. The van der Waals surface area contributed by atoms with Gasteiger partial charge in [-0.05, 0) is 31.0 Å². The van der Waals surface area contributed by atoms with Crippen molar-refractivity contribution in [3.8, 4) is 0 Å². The van der Waals surface area contributed by atoms with E-state index in [9.17, 15) is 0 Å². The van der Waals surface area contributed by atoms with Gasteiger partial charge in [0.15, 0.2) is 6.29 Å². The second-order valence-electron chi connectivity index (χ2n) is 5.27. The Morgan fingerprint density at radius 2 is 2.00 bits per heavy atom. The molecule has 1 saturated heterocycles. The number of piperidine rings is 1. The Labute approximate surface area is 118 Å². The Kier molecular flexibility index (Phi) is 3.89. The zero-order chi connectivity index (χ0) is 13.9. The second kappa shape index (κ2) is 5.81. The maximum Gasteiger partial charge on any atom is 0.159 e. The lowest BCUT2D eigenvalue weighted by molar-refractivity contribution is -0.141. The molecule has 2 aromatic rings. The van der Waals surface area contributed by atoms with Crippen molar-refractivity contribution in [2.75, 3.05) is 32.2 Å². The number of aromatic amines is 1. The number of ether oxygens (including phenoxy) is 2. The average Bonchev–Trinajstić information content (AvgIpc) is 2.96. The predicted octanol–water partition coefficient (Wildman–Crippen LogP) is 2.40. The highest BCUT2D eigenvalue weighted by Gasteiger charge is 2.26. The molecule has 0 atom stereocenters. The molecule has 108 valence electrons. The first-order chi connectivity index (χ1) is 9.81. The Morgan fingerprint density at radius 1 is 1.25 bits per heavy atom. The third-order valence-corrected chi connectivity index (χ3v) is 4.16. The minimum absolute atomic E-state index is 0.0778. The van der Waals surface area contributed by atoms with E-state index in [0.717, 1.165) is 37.0 Å². The Balaban J connectivity index is 1.68. The summed E-state index contributed by atoms with van der Waals surface area (Å²) in [5.74, 6) is 0.482. The molecule has 20 heavy (non-hydrogen) atoms. The first-order valence-electron chi connectivity index (χ1n) is 7.05. The fraction of sp³-hybridized carbons (Fsp3) is 0.533. The summed E-state index contributed by atoms with van der Waals surface area (Å²) in [6.45, 7) is 2.06. The Bertz CT molecular complexity index is 557. The van der Waals surface area contributed by atoms with Gasteiger partial charge in [0.05, 0.1) is 17.4 Å². The predicted molar refractivity (Wildman–Crippen MR) is 78.8 cm³/mol. The topological polar surface area (TPSA) is 50.4 Å². The lowest BCUT2D eigenvalue weighted by atomic mass is 9.95. The number of imidazole rings is 1. The molecular formula is C15H21N3O2. The van der Waals surface area contributed by atoms with E-state index in [4.69, 9.17) is 9.47 Å². The first kappa shape index (κ1) is 13.4. The van der Waals surface area contributed by atoms with Gasteiger partial charge in [0, 0.05) is 38.9 Å². The van der Waals surface area contributed by atoms with Crippen molar-refractivity contribution >= 4 is 16.7 Å². The summed E-state index contributed by atoms with van der Waals surface area (Å²) in [6.07, 6.45) is 3.84. The summed E-state index contributed by atoms with van der Waals surface area (Å²) in [5, 5.41) is 0. The van der Waals surface area contributed by atoms with Crippen molar-refractivity contribution in [1.82, 2.24) is 9.97 Å². The zero-order valence-corrected chi connectivity index (χ0v) is 12.0. The largest absolute Gasteiger partial charge is 0.371 e. The Morgan fingerprint density at radius 3 is 2.70 bits per heavy atom. The van der Waals surface area contributed by atoms with E-state index in [2.05, 4.69) is 33.1 Å². The minimum Gasteiger partial charge on any atom is -0.371 e. The molecule has 0 bridgehead atoms. The second-order valence-corrected chi connectivity index (χ2v) is 5.27. The van der Waals surface area contributed by atoms with Crippen LogP contribution in [-0.2, 0) is 9.47 Å². The van der Waals surface area contributed by atoms with E-state index in [1.54, 1.807) is 20.5 Å². The number of H-pyrrole nitrogens is 1. The van der Waals surface area contributed by atoms with E-state index < -0.39 is 0 Å². The van der Waals surface area contributed by atoms with Gasteiger partial charge in [0.25, 0.3) is 0 Å². The van der Waals surface area contributed by atoms with Crippen molar-refractivity contribution in [2.45, 2.75) is 19.1 Å². The summed E-state index contributed by atoms with van der Waals surface area (Å²) in [6, 6.07) is 6.40. The van der Waals surface area contributed by atoms with Crippen LogP contribution < -0.4 is 4.90 Å². The fourth-order valence-corrected chi connectivity index (χ4v) is 3.03. The number of methoxy groups -OCH3 is 2. The molecule has 5 nitrogen and oxygen atoms in total. The molecule has 1 N–H and O–H groups in total. The summed E-state index contributed by atoms with van der Waals surface area (Å²) in [4.78, 5) is 9.86. The van der Waals surface area contributed by atoms with Crippen LogP contribution >= 0.6 is 0 Å². The summed E-state index contributed by atoms with van der Waals surface area (Å²) in [7, 11) is 3.43. The molecule has 3 rings (SSSR count). The smallest absolute Gasteiger partial charge is 0.159 e. The molecular weight excluding hydrogens is 254 g/mol. The molecule has 1 aromatic heterocycles. The maximum atomic E-state index is 5.37. The molecule has 0 saturated carbocycles. The van der Waals surface area contributed by atoms with Gasteiger partial charge < -0.3 is 19.4 Å². The van der Waals surface area contributed by atoms with Crippen LogP contribution in [0.25, 0.3) is 11.0 Å². The van der Waals surface area contributed by atoms with E-state index in [1.807, 2.05) is 0 Å². The van der Waals surface area contributed by atoms with Crippen LogP contribution in [0.3, 0.4) is 0 Å². The zero-order valence-electron chi connectivity index (χ0n) is 12.0. The lowest BCUT2D eigenvalue weighted by Gasteiger charge is -2.36. The number of hydrogen-bond donors (Lipinski definition) is 1. The van der Waals surface area contributed by atoms with Crippen LogP contribution in [0.1, 0.15) is 12.8 Å². The lowest BCUT2D eigenvalue weighted by Crippen LogP contribution is -2.39. The summed E-state index contributed by atoms with van der Waals surface area (Å²) < 4.78 is 10.7. The number of aromatic nitrogens is 2. The van der Waals surface area contributed by atoms with Gasteiger partial charge in [-0.2, -0.15) is 0 Å². The third kappa shape index (κ3) is 2.51. The Hall–Kier alpha value is -1.59. The van der Waals surface area contributed by atoms with Gasteiger partial charge in [-0.1, -0.05) is 0 Å². The fourth-order valence-electron chi connectivity index (χ4n) is 3.03. The normalized spacial score (nSPS) is 17.2. The number of nitrogens with one attached hydrogen (secondary N) is 1. The third-order valence-electron chi connectivity index (χ3n) is 4.16. The van der Waals surface area contributed by atoms with E-state index >= 15 is 0 Å². The first-order valence-corrected chi connectivity index (χ1v) is 7.05. The van der Waals surface area contributed by atoms with Gasteiger partial charge in [0.2, 0.25) is 0 Å². The summed E-state index contributed by atoms with van der Waals surface area (Å²) >= 11 is 0. The number of fused-ring (bicyclic) bond motifs is 1. The van der Waals surface area contributed by atoms with E-state index in [1.165, 1.54) is 5.69 Å². The van der Waals surface area contributed by atoms with Crippen molar-refractivity contribution < 1.29 is 9.47 Å². The average molecular weight is 275 g/mol. The highest BCUT2D eigenvalue weighted by Crippen LogP contribution is 2.28. The monoisotopic (exact) mass is 275 g/mol. The van der Waals surface area contributed by atoms with Crippen LogP contribution in [0.2, 0.25) is 0 Å². The molecule has 0 unspecified atom stereocenters. The van der Waals surface area contributed by atoms with Crippen LogP contribution in [-0.4, -0.2) is 43.6 Å². The van der Waals surface area contributed by atoms with Crippen molar-refractivity contribution in [1.29, 1.82) is 0 Å². The molecule has 1 aromatic carbocycles. The van der Waals surface area contributed by atoms with Gasteiger partial charge in [-0.3, -0.25) is 0 Å². The van der Waals surface area contributed by atoms with Gasteiger partial charge in [-0.15, -0.1) is 0 Å². The van der Waals surface area contributed by atoms with Crippen molar-refractivity contribution in [2.24, 2.45) is 5.92 Å². The molecule has 2 heterocycles. The van der Waals surface area contributed by atoms with Crippen LogP contribution in [0.4, 0.5) is 5.69 Å². The number of hydrogen-bond acceptors (Lipinski definition) is 4. The number of rotatable bonds is 4. The highest BCUT2D eigenvalue weighted by molar-refractivity contribution is 5.79. The van der Waals surface area contributed by atoms with Crippen LogP contribution in [0, 0.1) is 5.92 Å². The van der Waals surface area contributed by atoms with E-state index in [0.29, 0.717) is 5.92 Å². The SMILES string of the molecule is COC(OC)C1CCN(c2ccc3[nH]cnc3c2)CC1. The number of anilines is 1. The molecule has 0 spiro atoms. The molecule has 0 amide bonds. The number of benzene rings is 1. The quantitative estimate of drug-likeness (QED) is 0.871. The van der Waals surface area contributed by atoms with Gasteiger partial charge >= 0.3 is 0 Å². The maximum absolute atomic E-state index is 5.37. The molecule has 0 radical (unpaired) electrons. The standard InChI is InChI=1S/C15H21N3O2/c1-19-15(20-2)11-5-7-18(8-6-11)12-3-4-13-14(9-12)17-10-16-13/h3-4,9-11,15H,5-8H2,1-2H3,(H,16,17). The van der Waals surface area contributed by atoms with Crippen molar-refractivity contribution in [3.63, 3.8) is 0 Å². The molecule has 5 heteroatoms. The molecule has 1 aliphatic rings. The van der Waals surface area contributed by atoms with Gasteiger partial charge in [-0.25, -0.2) is 4.98 Å². The van der Waals surface area contributed by atoms with Crippen LogP contribution in [0.15, 0.2) is 24.5 Å². The number of nitrogens with zero attached hydrogens (tertiary/aromatic N) is 2. The minimum atomic E-state index is -0.0778. The van der Waals surface area contributed by atoms with Gasteiger partial charge in [0.1, 0.15) is 0 Å². The van der Waals surface area contributed by atoms with Crippen molar-refractivity contribution in [3.05, 3.63) is 24.5 Å². The highest BCUT2D eigenvalue weighted by atomic mass is 16.7. The molecule has 1 fully saturated rings. The van der Waals surface area contributed by atoms with Crippen LogP contribution in [0.5, 0.6) is 0 Å². The molecule has 1 aliphatic heterocycles. The molecule has 0 aliphatic carbocycles.